The van der Waals surface area contributed by atoms with Crippen molar-refractivity contribution in [3.63, 3.8) is 0 Å². The normalized spacial score (nSPS) is 27.4. The topological polar surface area (TPSA) is 37.8 Å². The lowest BCUT2D eigenvalue weighted by Crippen LogP contribution is -2.35. The van der Waals surface area contributed by atoms with Crippen LogP contribution in [0.15, 0.2) is 30.5 Å². The van der Waals surface area contributed by atoms with Crippen molar-refractivity contribution in [3.05, 3.63) is 30.5 Å². The quantitative estimate of drug-likeness (QED) is 0.885. The van der Waals surface area contributed by atoms with E-state index in [2.05, 4.69) is 41.5 Å². The maximum Gasteiger partial charge on any atom is 0.0950 e. The van der Waals surface area contributed by atoms with Gasteiger partial charge in [0, 0.05) is 11.4 Å². The summed E-state index contributed by atoms with van der Waals surface area (Å²) in [6, 6.07) is 8.74. The van der Waals surface area contributed by atoms with Crippen molar-refractivity contribution < 1.29 is 0 Å². The molecule has 1 fully saturated rings. The van der Waals surface area contributed by atoms with Gasteiger partial charge in [0.05, 0.1) is 17.4 Å². The summed E-state index contributed by atoms with van der Waals surface area (Å²) in [6.45, 7) is 4.72. The summed E-state index contributed by atoms with van der Waals surface area (Å²) in [5, 5.41) is 13.2. The van der Waals surface area contributed by atoms with Crippen molar-refractivity contribution >= 4 is 16.6 Å². The molecule has 1 aromatic carbocycles. The van der Waals surface area contributed by atoms with Crippen LogP contribution in [0.2, 0.25) is 0 Å². The predicted octanol–water partition coefficient (Wildman–Crippen LogP) is 3.87. The van der Waals surface area contributed by atoms with E-state index in [1.165, 1.54) is 24.6 Å². The summed E-state index contributed by atoms with van der Waals surface area (Å²) in [7, 11) is 0. The van der Waals surface area contributed by atoms with Gasteiger partial charge >= 0.3 is 0 Å². The van der Waals surface area contributed by atoms with Crippen LogP contribution >= 0.6 is 0 Å². The van der Waals surface area contributed by atoms with Crippen LogP contribution in [0.5, 0.6) is 0 Å². The maximum atomic E-state index is 4.18. The van der Waals surface area contributed by atoms with Crippen molar-refractivity contribution in [2.45, 2.75) is 39.2 Å². The summed E-state index contributed by atoms with van der Waals surface area (Å²) in [6.07, 6.45) is 5.78. The standard InChI is InChI=1S/C16H21N3/c1-11-6-5-9-14(12(11)2)18-16-10-17-19-15-8-4-3-7-13(15)16/h3-4,7-8,10-12,14H,5-6,9H2,1-2H3,(H,18,19). The van der Waals surface area contributed by atoms with Gasteiger partial charge in [-0.2, -0.15) is 10.2 Å². The molecule has 3 unspecified atom stereocenters. The SMILES string of the molecule is CC1CCCC(Nc2cnnc3ccccc23)C1C. The minimum Gasteiger partial charge on any atom is -0.380 e. The van der Waals surface area contributed by atoms with Gasteiger partial charge in [0.15, 0.2) is 0 Å². The van der Waals surface area contributed by atoms with Gasteiger partial charge in [-0.15, -0.1) is 0 Å². The summed E-state index contributed by atoms with van der Waals surface area (Å²) in [5.74, 6) is 1.51. The van der Waals surface area contributed by atoms with Crippen LogP contribution in [0.25, 0.3) is 10.9 Å². The number of rotatable bonds is 2. The lowest BCUT2D eigenvalue weighted by Gasteiger charge is -2.35. The molecule has 1 heterocycles. The minimum absolute atomic E-state index is 0.552. The van der Waals surface area contributed by atoms with E-state index in [1.807, 2.05) is 18.3 Å². The predicted molar refractivity (Wildman–Crippen MR) is 79.1 cm³/mol. The third-order valence-electron chi connectivity index (χ3n) is 4.59. The number of hydrogen-bond acceptors (Lipinski definition) is 3. The molecule has 0 saturated heterocycles. The van der Waals surface area contributed by atoms with E-state index in [4.69, 9.17) is 0 Å². The molecule has 2 aromatic rings. The van der Waals surface area contributed by atoms with Gasteiger partial charge in [-0.1, -0.05) is 44.9 Å². The summed E-state index contributed by atoms with van der Waals surface area (Å²) in [5.41, 5.74) is 2.08. The number of nitrogens with zero attached hydrogens (tertiary/aromatic N) is 2. The molecule has 3 nitrogen and oxygen atoms in total. The van der Waals surface area contributed by atoms with E-state index < -0.39 is 0 Å². The third kappa shape index (κ3) is 2.42. The highest BCUT2D eigenvalue weighted by molar-refractivity contribution is 5.90. The van der Waals surface area contributed by atoms with E-state index in [0.717, 1.165) is 17.1 Å². The molecule has 3 atom stereocenters. The molecule has 1 N–H and O–H groups in total. The average Bonchev–Trinajstić information content (AvgIpc) is 2.44. The summed E-state index contributed by atoms with van der Waals surface area (Å²) < 4.78 is 0. The van der Waals surface area contributed by atoms with Gasteiger partial charge in [-0.05, 0) is 24.3 Å². The van der Waals surface area contributed by atoms with Crippen LogP contribution in [-0.2, 0) is 0 Å². The highest BCUT2D eigenvalue weighted by atomic mass is 15.1. The van der Waals surface area contributed by atoms with Gasteiger partial charge in [0.1, 0.15) is 0 Å². The molecule has 1 aliphatic carbocycles. The first-order valence-corrected chi connectivity index (χ1v) is 7.22. The van der Waals surface area contributed by atoms with Crippen LogP contribution in [0.3, 0.4) is 0 Å². The van der Waals surface area contributed by atoms with E-state index >= 15 is 0 Å². The number of hydrogen-bond donors (Lipinski definition) is 1. The molecule has 1 aromatic heterocycles. The fraction of sp³-hybridized carbons (Fsp3) is 0.500. The molecule has 0 radical (unpaired) electrons. The van der Waals surface area contributed by atoms with Gasteiger partial charge in [0.2, 0.25) is 0 Å². The third-order valence-corrected chi connectivity index (χ3v) is 4.59. The van der Waals surface area contributed by atoms with Crippen molar-refractivity contribution in [3.8, 4) is 0 Å². The zero-order valence-corrected chi connectivity index (χ0v) is 11.6. The Morgan fingerprint density at radius 1 is 1.16 bits per heavy atom. The van der Waals surface area contributed by atoms with Crippen molar-refractivity contribution in [1.29, 1.82) is 0 Å². The Morgan fingerprint density at radius 3 is 2.89 bits per heavy atom. The fourth-order valence-corrected chi connectivity index (χ4v) is 3.11. The number of aromatic nitrogens is 2. The Hall–Kier alpha value is -1.64. The highest BCUT2D eigenvalue weighted by Gasteiger charge is 2.27. The molecule has 19 heavy (non-hydrogen) atoms. The molecule has 3 heteroatoms. The van der Waals surface area contributed by atoms with Gasteiger partial charge in [-0.3, -0.25) is 0 Å². The maximum absolute atomic E-state index is 4.18. The van der Waals surface area contributed by atoms with Gasteiger partial charge in [-0.25, -0.2) is 0 Å². The number of anilines is 1. The second-order valence-corrected chi connectivity index (χ2v) is 5.79. The second kappa shape index (κ2) is 5.16. The molecule has 0 spiro atoms. The Kier molecular flexibility index (Phi) is 3.36. The number of nitrogens with one attached hydrogen (secondary N) is 1. The van der Waals surface area contributed by atoms with Crippen LogP contribution < -0.4 is 5.32 Å². The minimum atomic E-state index is 0.552. The molecule has 1 aliphatic rings. The molecular formula is C16H21N3. The zero-order chi connectivity index (χ0) is 13.2. The van der Waals surface area contributed by atoms with Gasteiger partial charge < -0.3 is 5.32 Å². The first-order chi connectivity index (χ1) is 9.25. The van der Waals surface area contributed by atoms with E-state index in [0.29, 0.717) is 12.0 Å². The van der Waals surface area contributed by atoms with Gasteiger partial charge in [0.25, 0.3) is 0 Å². The lowest BCUT2D eigenvalue weighted by atomic mass is 9.78. The number of benzene rings is 1. The van der Waals surface area contributed by atoms with Crippen LogP contribution in [0.1, 0.15) is 33.1 Å². The first kappa shape index (κ1) is 12.4. The Bertz CT molecular complexity index is 561. The molecule has 1 saturated carbocycles. The van der Waals surface area contributed by atoms with Crippen LogP contribution in [0, 0.1) is 11.8 Å². The van der Waals surface area contributed by atoms with E-state index in [-0.39, 0.29) is 0 Å². The molecule has 0 bridgehead atoms. The fourth-order valence-electron chi connectivity index (χ4n) is 3.11. The van der Waals surface area contributed by atoms with E-state index in [9.17, 15) is 0 Å². The molecule has 100 valence electrons. The van der Waals surface area contributed by atoms with Crippen molar-refractivity contribution in [2.75, 3.05) is 5.32 Å². The monoisotopic (exact) mass is 255 g/mol. The largest absolute Gasteiger partial charge is 0.380 e. The first-order valence-electron chi connectivity index (χ1n) is 7.22. The molecular weight excluding hydrogens is 234 g/mol. The summed E-state index contributed by atoms with van der Waals surface area (Å²) >= 11 is 0. The Morgan fingerprint density at radius 2 is 2.00 bits per heavy atom. The second-order valence-electron chi connectivity index (χ2n) is 5.79. The average molecular weight is 255 g/mol. The highest BCUT2D eigenvalue weighted by Crippen LogP contribution is 2.32. The van der Waals surface area contributed by atoms with Crippen LogP contribution in [0.4, 0.5) is 5.69 Å². The van der Waals surface area contributed by atoms with Crippen molar-refractivity contribution in [2.24, 2.45) is 11.8 Å². The molecule has 0 amide bonds. The zero-order valence-electron chi connectivity index (χ0n) is 11.6. The lowest BCUT2D eigenvalue weighted by molar-refractivity contribution is 0.253. The summed E-state index contributed by atoms with van der Waals surface area (Å²) in [4.78, 5) is 0. The molecule has 3 rings (SSSR count). The number of fused-ring (bicyclic) bond motifs is 1. The van der Waals surface area contributed by atoms with E-state index in [1.54, 1.807) is 0 Å². The van der Waals surface area contributed by atoms with Crippen molar-refractivity contribution in [1.82, 2.24) is 10.2 Å². The Labute approximate surface area is 114 Å². The van der Waals surface area contributed by atoms with Crippen LogP contribution in [-0.4, -0.2) is 16.2 Å². The smallest absolute Gasteiger partial charge is 0.0950 e. The molecule has 0 aliphatic heterocycles. The Balaban J connectivity index is 1.89.